The van der Waals surface area contributed by atoms with Gasteiger partial charge in [-0.1, -0.05) is 5.57 Å². The van der Waals surface area contributed by atoms with Gasteiger partial charge in [-0.3, -0.25) is 0 Å². The fourth-order valence-electron chi connectivity index (χ4n) is 1.16. The lowest BCUT2D eigenvalue weighted by molar-refractivity contribution is -0.140. The molecule has 0 rings (SSSR count). The maximum atomic E-state index is 11.3. The summed E-state index contributed by atoms with van der Waals surface area (Å²) in [6.45, 7) is 1.19. The van der Waals surface area contributed by atoms with Crippen molar-refractivity contribution in [3.8, 4) is 0 Å². The normalized spacial score (nSPS) is 9.87. The Kier molecular flexibility index (Phi) is 7.89. The van der Waals surface area contributed by atoms with Crippen LogP contribution in [0.3, 0.4) is 0 Å². The molecule has 0 radical (unpaired) electrons. The highest BCUT2D eigenvalue weighted by Gasteiger charge is 2.11. The summed E-state index contributed by atoms with van der Waals surface area (Å²) >= 11 is 0. The Morgan fingerprint density at radius 1 is 1.07 bits per heavy atom. The summed E-state index contributed by atoms with van der Waals surface area (Å²) < 4.78 is 4.72. The average molecular weight is 218 g/mol. The Hall–Kier alpha value is -0.910. The predicted octanol–water partition coefficient (Wildman–Crippen LogP) is -0.397. The van der Waals surface area contributed by atoms with Crippen molar-refractivity contribution in [1.29, 1.82) is 0 Å². The Morgan fingerprint density at radius 3 is 2.00 bits per heavy atom. The van der Waals surface area contributed by atoms with Crippen LogP contribution in [-0.4, -0.2) is 47.7 Å². The molecule has 0 fully saturated rings. The highest BCUT2D eigenvalue weighted by molar-refractivity contribution is 5.88. The Balaban J connectivity index is 4.44. The van der Waals surface area contributed by atoms with E-state index in [1.54, 1.807) is 6.92 Å². The Morgan fingerprint density at radius 2 is 1.60 bits per heavy atom. The summed E-state index contributed by atoms with van der Waals surface area (Å²) in [7, 11) is 0. The maximum Gasteiger partial charge on any atom is 0.333 e. The van der Waals surface area contributed by atoms with Crippen LogP contribution >= 0.6 is 0 Å². The van der Waals surface area contributed by atoms with Crippen molar-refractivity contribution in [1.82, 2.24) is 0 Å². The molecule has 0 aliphatic heterocycles. The molecule has 88 valence electrons. The van der Waals surface area contributed by atoms with Gasteiger partial charge in [0.05, 0.1) is 6.61 Å². The number of aliphatic hydroxyl groups excluding tert-OH is 3. The van der Waals surface area contributed by atoms with E-state index in [2.05, 4.69) is 0 Å². The van der Waals surface area contributed by atoms with Crippen molar-refractivity contribution >= 4 is 5.97 Å². The molecule has 0 unspecified atom stereocenters. The monoisotopic (exact) mass is 218 g/mol. The second-order valence-corrected chi connectivity index (χ2v) is 3.04. The van der Waals surface area contributed by atoms with Gasteiger partial charge in [0.1, 0.15) is 6.61 Å². The van der Waals surface area contributed by atoms with Crippen LogP contribution < -0.4 is 0 Å². The summed E-state index contributed by atoms with van der Waals surface area (Å²) in [6, 6.07) is 0. The minimum Gasteiger partial charge on any atom is -0.460 e. The molecule has 0 atom stereocenters. The molecular formula is C10H18O5. The number of hydrogen-bond acceptors (Lipinski definition) is 5. The summed E-state index contributed by atoms with van der Waals surface area (Å²) in [4.78, 5) is 11.3. The fourth-order valence-corrected chi connectivity index (χ4v) is 1.16. The molecule has 0 aromatic rings. The summed E-state index contributed by atoms with van der Waals surface area (Å²) in [5.74, 6) is -0.513. The van der Waals surface area contributed by atoms with Gasteiger partial charge in [0.2, 0.25) is 0 Å². The molecule has 0 amide bonds. The second kappa shape index (κ2) is 8.40. The minimum absolute atomic E-state index is 0.0400. The van der Waals surface area contributed by atoms with Crippen molar-refractivity contribution in [2.24, 2.45) is 0 Å². The molecule has 0 aromatic heterocycles. The van der Waals surface area contributed by atoms with Gasteiger partial charge in [0.25, 0.3) is 0 Å². The standard InChI is InChI=1S/C10H18O5/c1-8(10(14)15-7-6-13)9(2-4-11)3-5-12/h11-13H,2-7H2,1H3. The van der Waals surface area contributed by atoms with Gasteiger partial charge < -0.3 is 20.1 Å². The predicted molar refractivity (Wildman–Crippen MR) is 54.2 cm³/mol. The molecule has 5 heteroatoms. The first-order valence-electron chi connectivity index (χ1n) is 4.85. The highest BCUT2D eigenvalue weighted by Crippen LogP contribution is 2.13. The first-order valence-corrected chi connectivity index (χ1v) is 4.85. The molecule has 0 aromatic carbocycles. The summed E-state index contributed by atoms with van der Waals surface area (Å²) in [5.41, 5.74) is 1.08. The van der Waals surface area contributed by atoms with E-state index in [9.17, 15) is 4.79 Å². The molecule has 0 bridgehead atoms. The van der Waals surface area contributed by atoms with Crippen LogP contribution in [0.4, 0.5) is 0 Å². The van der Waals surface area contributed by atoms with Crippen LogP contribution in [-0.2, 0) is 9.53 Å². The number of carbonyl (C=O) groups is 1. The van der Waals surface area contributed by atoms with Gasteiger partial charge in [0.15, 0.2) is 0 Å². The third kappa shape index (κ3) is 5.51. The van der Waals surface area contributed by atoms with Gasteiger partial charge in [-0.15, -0.1) is 0 Å². The number of esters is 1. The largest absolute Gasteiger partial charge is 0.460 e. The zero-order valence-electron chi connectivity index (χ0n) is 8.90. The molecule has 0 saturated heterocycles. The van der Waals surface area contributed by atoms with Crippen molar-refractivity contribution < 1.29 is 24.9 Å². The van der Waals surface area contributed by atoms with Gasteiger partial charge in [-0.2, -0.15) is 0 Å². The molecule has 5 nitrogen and oxygen atoms in total. The van der Waals surface area contributed by atoms with E-state index in [1.165, 1.54) is 0 Å². The van der Waals surface area contributed by atoms with E-state index in [0.717, 1.165) is 0 Å². The van der Waals surface area contributed by atoms with E-state index in [4.69, 9.17) is 20.1 Å². The molecule has 15 heavy (non-hydrogen) atoms. The van der Waals surface area contributed by atoms with Crippen molar-refractivity contribution in [3.63, 3.8) is 0 Å². The summed E-state index contributed by atoms with van der Waals surface area (Å²) in [6.07, 6.45) is 0.696. The SMILES string of the molecule is CC(C(=O)OCCO)=C(CCO)CCO. The lowest BCUT2D eigenvalue weighted by Crippen LogP contribution is -2.12. The molecule has 3 N–H and O–H groups in total. The maximum absolute atomic E-state index is 11.3. The van der Waals surface area contributed by atoms with Crippen LogP contribution in [0.25, 0.3) is 0 Å². The van der Waals surface area contributed by atoms with Crippen LogP contribution in [0.5, 0.6) is 0 Å². The number of carbonyl (C=O) groups excluding carboxylic acids is 1. The Labute approximate surface area is 89.0 Å². The van der Waals surface area contributed by atoms with Crippen molar-refractivity contribution in [2.45, 2.75) is 19.8 Å². The molecule has 0 aliphatic carbocycles. The zero-order valence-corrected chi connectivity index (χ0v) is 8.90. The number of hydrogen-bond donors (Lipinski definition) is 3. The van der Waals surface area contributed by atoms with E-state index in [1.807, 2.05) is 0 Å². The number of aliphatic hydroxyl groups is 3. The quantitative estimate of drug-likeness (QED) is 0.400. The minimum atomic E-state index is -0.513. The molecule has 0 spiro atoms. The molecular weight excluding hydrogens is 200 g/mol. The van der Waals surface area contributed by atoms with Gasteiger partial charge in [-0.05, 0) is 19.8 Å². The molecule has 0 aliphatic rings. The third-order valence-corrected chi connectivity index (χ3v) is 1.99. The van der Waals surface area contributed by atoms with Gasteiger partial charge in [0, 0.05) is 18.8 Å². The third-order valence-electron chi connectivity index (χ3n) is 1.99. The highest BCUT2D eigenvalue weighted by atomic mass is 16.5. The first kappa shape index (κ1) is 14.1. The molecule has 0 saturated carbocycles. The summed E-state index contributed by atoms with van der Waals surface area (Å²) in [5, 5.41) is 26.0. The smallest absolute Gasteiger partial charge is 0.333 e. The average Bonchev–Trinajstić information content (AvgIpc) is 2.24. The van der Waals surface area contributed by atoms with Crippen LogP contribution in [0, 0.1) is 0 Å². The van der Waals surface area contributed by atoms with E-state index < -0.39 is 5.97 Å². The van der Waals surface area contributed by atoms with Crippen molar-refractivity contribution in [3.05, 3.63) is 11.1 Å². The van der Waals surface area contributed by atoms with Crippen molar-refractivity contribution in [2.75, 3.05) is 26.4 Å². The van der Waals surface area contributed by atoms with Crippen LogP contribution in [0.2, 0.25) is 0 Å². The first-order chi connectivity index (χ1) is 7.17. The number of rotatable bonds is 7. The van der Waals surface area contributed by atoms with E-state index >= 15 is 0 Å². The lowest BCUT2D eigenvalue weighted by Gasteiger charge is -2.09. The van der Waals surface area contributed by atoms with Crippen LogP contribution in [0.15, 0.2) is 11.1 Å². The Bertz CT molecular complexity index is 214. The van der Waals surface area contributed by atoms with Crippen LogP contribution in [0.1, 0.15) is 19.8 Å². The topological polar surface area (TPSA) is 87.0 Å². The number of ether oxygens (including phenoxy) is 1. The lowest BCUT2D eigenvalue weighted by atomic mass is 10.0. The van der Waals surface area contributed by atoms with Gasteiger partial charge in [-0.25, -0.2) is 4.79 Å². The van der Waals surface area contributed by atoms with E-state index in [-0.39, 0.29) is 26.4 Å². The van der Waals surface area contributed by atoms with Gasteiger partial charge >= 0.3 is 5.97 Å². The second-order valence-electron chi connectivity index (χ2n) is 3.04. The molecule has 0 heterocycles. The fraction of sp³-hybridized carbons (Fsp3) is 0.700. The zero-order chi connectivity index (χ0) is 11.7. The van der Waals surface area contributed by atoms with E-state index in [0.29, 0.717) is 24.0 Å².